The average molecular weight is 269 g/mol. The highest BCUT2D eigenvalue weighted by molar-refractivity contribution is 5.73. The second kappa shape index (κ2) is 7.74. The van der Waals surface area contributed by atoms with Crippen LogP contribution < -0.4 is 10.1 Å². The van der Waals surface area contributed by atoms with E-state index in [1.54, 1.807) is 12.1 Å². The van der Waals surface area contributed by atoms with Crippen LogP contribution in [0.2, 0.25) is 0 Å². The monoisotopic (exact) mass is 269 g/mol. The number of carboxylic acids is 1. The minimum Gasteiger partial charge on any atom is -0.490 e. The number of ether oxygens (including phenoxy) is 1. The molecule has 19 heavy (non-hydrogen) atoms. The summed E-state index contributed by atoms with van der Waals surface area (Å²) in [5, 5.41) is 11.9. The molecule has 0 radical (unpaired) electrons. The van der Waals surface area contributed by atoms with E-state index in [0.717, 1.165) is 12.0 Å². The number of nitrogens with one attached hydrogen (secondary N) is 1. The second-order valence-electron chi connectivity index (χ2n) is 4.42. The lowest BCUT2D eigenvalue weighted by atomic mass is 10.2. The van der Waals surface area contributed by atoms with Crippen LogP contribution in [0.25, 0.3) is 0 Å². The van der Waals surface area contributed by atoms with Crippen molar-refractivity contribution in [1.82, 2.24) is 5.32 Å². The SMILES string of the molecule is CCCNC(CCOc1cc(C)ccc1F)C(=O)O. The molecule has 2 N–H and O–H groups in total. The molecule has 1 unspecified atom stereocenters. The maximum Gasteiger partial charge on any atom is 0.320 e. The Bertz CT molecular complexity index is 423. The van der Waals surface area contributed by atoms with E-state index in [4.69, 9.17) is 9.84 Å². The van der Waals surface area contributed by atoms with Crippen LogP contribution in [-0.4, -0.2) is 30.3 Å². The average Bonchev–Trinajstić information content (AvgIpc) is 2.37. The van der Waals surface area contributed by atoms with E-state index in [1.165, 1.54) is 6.07 Å². The molecule has 0 aliphatic heterocycles. The zero-order valence-electron chi connectivity index (χ0n) is 11.3. The fourth-order valence-corrected chi connectivity index (χ4v) is 1.64. The first-order chi connectivity index (χ1) is 9.04. The van der Waals surface area contributed by atoms with Gasteiger partial charge in [-0.25, -0.2) is 4.39 Å². The minimum absolute atomic E-state index is 0.161. The van der Waals surface area contributed by atoms with Gasteiger partial charge in [0.05, 0.1) is 6.61 Å². The second-order valence-corrected chi connectivity index (χ2v) is 4.42. The number of hydrogen-bond donors (Lipinski definition) is 2. The molecule has 1 aromatic carbocycles. The van der Waals surface area contributed by atoms with Crippen molar-refractivity contribution in [3.05, 3.63) is 29.6 Å². The molecule has 1 rings (SSSR count). The predicted molar refractivity (Wildman–Crippen MR) is 71.0 cm³/mol. The van der Waals surface area contributed by atoms with E-state index in [9.17, 15) is 9.18 Å². The van der Waals surface area contributed by atoms with Crippen molar-refractivity contribution in [2.45, 2.75) is 32.7 Å². The van der Waals surface area contributed by atoms with E-state index in [0.29, 0.717) is 13.0 Å². The van der Waals surface area contributed by atoms with Gasteiger partial charge in [0.25, 0.3) is 0 Å². The third kappa shape index (κ3) is 5.26. The highest BCUT2D eigenvalue weighted by Crippen LogP contribution is 2.18. The highest BCUT2D eigenvalue weighted by Gasteiger charge is 2.16. The number of benzene rings is 1. The molecule has 1 atom stereocenters. The summed E-state index contributed by atoms with van der Waals surface area (Å²) in [5.74, 6) is -1.18. The van der Waals surface area contributed by atoms with E-state index in [2.05, 4.69) is 5.32 Å². The highest BCUT2D eigenvalue weighted by atomic mass is 19.1. The van der Waals surface area contributed by atoms with Crippen LogP contribution in [0.5, 0.6) is 5.75 Å². The van der Waals surface area contributed by atoms with Crippen LogP contribution >= 0.6 is 0 Å². The fourth-order valence-electron chi connectivity index (χ4n) is 1.64. The molecule has 0 aliphatic carbocycles. The van der Waals surface area contributed by atoms with Crippen molar-refractivity contribution in [3.63, 3.8) is 0 Å². The summed E-state index contributed by atoms with van der Waals surface area (Å²) >= 11 is 0. The van der Waals surface area contributed by atoms with E-state index in [-0.39, 0.29) is 12.4 Å². The van der Waals surface area contributed by atoms with Gasteiger partial charge in [-0.1, -0.05) is 13.0 Å². The lowest BCUT2D eigenvalue weighted by Gasteiger charge is -2.14. The molecule has 0 aliphatic rings. The van der Waals surface area contributed by atoms with E-state index < -0.39 is 17.8 Å². The van der Waals surface area contributed by atoms with Crippen molar-refractivity contribution in [1.29, 1.82) is 0 Å². The molecule has 0 fully saturated rings. The largest absolute Gasteiger partial charge is 0.490 e. The quantitative estimate of drug-likeness (QED) is 0.760. The van der Waals surface area contributed by atoms with Crippen LogP contribution in [0, 0.1) is 12.7 Å². The van der Waals surface area contributed by atoms with Gasteiger partial charge in [-0.3, -0.25) is 4.79 Å². The molecule has 0 saturated heterocycles. The standard InChI is InChI=1S/C14H20FNO3/c1-3-7-16-12(14(17)18)6-8-19-13-9-10(2)4-5-11(13)15/h4-5,9,12,16H,3,6-8H2,1-2H3,(H,17,18). The number of rotatable bonds is 8. The molecule has 0 aromatic heterocycles. The topological polar surface area (TPSA) is 58.6 Å². The van der Waals surface area contributed by atoms with Crippen molar-refractivity contribution in [3.8, 4) is 5.75 Å². The van der Waals surface area contributed by atoms with Crippen LogP contribution in [-0.2, 0) is 4.79 Å². The fraction of sp³-hybridized carbons (Fsp3) is 0.500. The molecule has 5 heteroatoms. The Morgan fingerprint density at radius 2 is 2.26 bits per heavy atom. The Hall–Kier alpha value is -1.62. The molecule has 0 heterocycles. The first-order valence-electron chi connectivity index (χ1n) is 6.39. The van der Waals surface area contributed by atoms with Crippen molar-refractivity contribution in [2.24, 2.45) is 0 Å². The number of hydrogen-bond acceptors (Lipinski definition) is 3. The van der Waals surface area contributed by atoms with Crippen LogP contribution in [0.15, 0.2) is 18.2 Å². The number of carbonyl (C=O) groups is 1. The zero-order chi connectivity index (χ0) is 14.3. The third-order valence-corrected chi connectivity index (χ3v) is 2.69. The molecule has 1 aromatic rings. The molecule has 0 spiro atoms. The first kappa shape index (κ1) is 15.4. The molecular formula is C14H20FNO3. The van der Waals surface area contributed by atoms with Gasteiger partial charge in [0.2, 0.25) is 0 Å². The van der Waals surface area contributed by atoms with Gasteiger partial charge in [-0.2, -0.15) is 0 Å². The van der Waals surface area contributed by atoms with Gasteiger partial charge >= 0.3 is 5.97 Å². The summed E-state index contributed by atoms with van der Waals surface area (Å²) < 4.78 is 18.7. The Labute approximate surface area is 112 Å². The molecule has 4 nitrogen and oxygen atoms in total. The van der Waals surface area contributed by atoms with Crippen LogP contribution in [0.3, 0.4) is 0 Å². The van der Waals surface area contributed by atoms with Gasteiger partial charge < -0.3 is 15.2 Å². The molecule has 106 valence electrons. The first-order valence-corrected chi connectivity index (χ1v) is 6.39. The van der Waals surface area contributed by atoms with Gasteiger partial charge in [0.15, 0.2) is 11.6 Å². The number of halogens is 1. The predicted octanol–water partition coefficient (Wildman–Crippen LogP) is 2.36. The lowest BCUT2D eigenvalue weighted by molar-refractivity contribution is -0.139. The Balaban J connectivity index is 2.47. The maximum atomic E-state index is 13.4. The molecule has 0 saturated carbocycles. The van der Waals surface area contributed by atoms with Crippen molar-refractivity contribution < 1.29 is 19.0 Å². The summed E-state index contributed by atoms with van der Waals surface area (Å²) in [4.78, 5) is 11.0. The van der Waals surface area contributed by atoms with Gasteiger partial charge in [0, 0.05) is 6.42 Å². The summed E-state index contributed by atoms with van der Waals surface area (Å²) in [7, 11) is 0. The molecule has 0 amide bonds. The number of carboxylic acid groups (broad SMARTS) is 1. The summed E-state index contributed by atoms with van der Waals surface area (Å²) in [6.45, 7) is 4.60. The van der Waals surface area contributed by atoms with Gasteiger partial charge in [0.1, 0.15) is 6.04 Å². The minimum atomic E-state index is -0.915. The molecular weight excluding hydrogens is 249 g/mol. The van der Waals surface area contributed by atoms with Crippen molar-refractivity contribution >= 4 is 5.97 Å². The van der Waals surface area contributed by atoms with E-state index in [1.807, 2.05) is 13.8 Å². The maximum absolute atomic E-state index is 13.4. The number of aliphatic carboxylic acids is 1. The van der Waals surface area contributed by atoms with E-state index >= 15 is 0 Å². The molecule has 0 bridgehead atoms. The third-order valence-electron chi connectivity index (χ3n) is 2.69. The van der Waals surface area contributed by atoms with Crippen molar-refractivity contribution in [2.75, 3.05) is 13.2 Å². The zero-order valence-corrected chi connectivity index (χ0v) is 11.3. The smallest absolute Gasteiger partial charge is 0.320 e. The number of aryl methyl sites for hydroxylation is 1. The summed E-state index contributed by atoms with van der Waals surface area (Å²) in [5.41, 5.74) is 0.898. The normalized spacial score (nSPS) is 12.2. The lowest BCUT2D eigenvalue weighted by Crippen LogP contribution is -2.38. The van der Waals surface area contributed by atoms with Gasteiger partial charge in [-0.05, 0) is 37.6 Å². The van der Waals surface area contributed by atoms with Crippen LogP contribution in [0.4, 0.5) is 4.39 Å². The summed E-state index contributed by atoms with van der Waals surface area (Å²) in [6, 6.07) is 3.94. The Morgan fingerprint density at radius 3 is 2.89 bits per heavy atom. The Kier molecular flexibility index (Phi) is 6.29. The van der Waals surface area contributed by atoms with Crippen LogP contribution in [0.1, 0.15) is 25.3 Å². The Morgan fingerprint density at radius 1 is 1.53 bits per heavy atom. The van der Waals surface area contributed by atoms with Gasteiger partial charge in [-0.15, -0.1) is 0 Å². The summed E-state index contributed by atoms with van der Waals surface area (Å²) in [6.07, 6.45) is 1.15.